The van der Waals surface area contributed by atoms with Crippen LogP contribution in [0.5, 0.6) is 0 Å². The van der Waals surface area contributed by atoms with Gasteiger partial charge in [0, 0.05) is 24.5 Å². The Morgan fingerprint density at radius 1 is 1.28 bits per heavy atom. The molecule has 2 aliphatic heterocycles. The van der Waals surface area contributed by atoms with Gasteiger partial charge < -0.3 is 19.9 Å². The fraction of sp³-hybridized carbons (Fsp3) is 0.444. The quantitative estimate of drug-likeness (QED) is 0.830. The normalized spacial score (nSPS) is 22.8. The molecular formula is C18H22N4O3. The number of morpholine rings is 1. The van der Waals surface area contributed by atoms with Crippen LogP contribution in [0.3, 0.4) is 0 Å². The first-order chi connectivity index (χ1) is 12.0. The molecule has 2 aromatic rings. The minimum absolute atomic E-state index is 0.0125. The molecule has 2 saturated heterocycles. The monoisotopic (exact) mass is 342 g/mol. The molecule has 0 bridgehead atoms. The Morgan fingerprint density at radius 3 is 2.72 bits per heavy atom. The number of fused-ring (bicyclic) bond motifs is 1. The minimum Gasteiger partial charge on any atom is -0.368 e. The Kier molecular flexibility index (Phi) is 3.77. The first-order valence-corrected chi connectivity index (χ1v) is 8.44. The van der Waals surface area contributed by atoms with Gasteiger partial charge in [-0.25, -0.2) is 0 Å². The molecule has 2 N–H and O–H groups in total. The number of carbonyl (C=O) groups excluding carboxylic acids is 2. The van der Waals surface area contributed by atoms with Crippen LogP contribution in [0.15, 0.2) is 30.3 Å². The highest BCUT2D eigenvalue weighted by Gasteiger charge is 2.51. The van der Waals surface area contributed by atoms with E-state index in [1.54, 1.807) is 11.9 Å². The zero-order valence-electron chi connectivity index (χ0n) is 14.4. The van der Waals surface area contributed by atoms with Gasteiger partial charge >= 0.3 is 0 Å². The van der Waals surface area contributed by atoms with Crippen molar-refractivity contribution in [2.45, 2.75) is 11.6 Å². The van der Waals surface area contributed by atoms with Crippen molar-refractivity contribution in [2.75, 3.05) is 40.3 Å². The van der Waals surface area contributed by atoms with E-state index in [9.17, 15) is 9.59 Å². The van der Waals surface area contributed by atoms with Crippen LogP contribution in [-0.2, 0) is 9.53 Å². The third-order valence-corrected chi connectivity index (χ3v) is 5.17. The number of carbonyl (C=O) groups is 2. The third kappa shape index (κ3) is 2.69. The van der Waals surface area contributed by atoms with Crippen LogP contribution in [0.25, 0.3) is 10.9 Å². The number of para-hydroxylation sites is 1. The van der Waals surface area contributed by atoms with Crippen molar-refractivity contribution in [3.63, 3.8) is 0 Å². The molecule has 1 aromatic heterocycles. The molecule has 25 heavy (non-hydrogen) atoms. The Morgan fingerprint density at radius 2 is 2.04 bits per heavy atom. The second kappa shape index (κ2) is 5.86. The summed E-state index contributed by atoms with van der Waals surface area (Å²) in [6, 6.07) is 9.46. The van der Waals surface area contributed by atoms with E-state index >= 15 is 0 Å². The summed E-state index contributed by atoms with van der Waals surface area (Å²) < 4.78 is 5.98. The molecule has 0 unspecified atom stereocenters. The van der Waals surface area contributed by atoms with Crippen molar-refractivity contribution in [3.8, 4) is 0 Å². The first kappa shape index (κ1) is 16.1. The number of amides is 2. The lowest BCUT2D eigenvalue weighted by atomic mass is 9.90. The summed E-state index contributed by atoms with van der Waals surface area (Å²) in [4.78, 5) is 31.5. The molecule has 132 valence electrons. The summed E-state index contributed by atoms with van der Waals surface area (Å²) in [5.41, 5.74) is 1.20. The second-order valence-corrected chi connectivity index (χ2v) is 6.97. The number of H-pyrrole nitrogens is 1. The molecule has 0 aliphatic carbocycles. The molecule has 4 rings (SSSR count). The van der Waals surface area contributed by atoms with Crippen LogP contribution in [0.1, 0.15) is 10.5 Å². The lowest BCUT2D eigenvalue weighted by Gasteiger charge is -2.54. The van der Waals surface area contributed by atoms with Gasteiger partial charge in [-0.3, -0.25) is 14.5 Å². The predicted octanol–water partition coefficient (Wildman–Crippen LogP) is 0.439. The van der Waals surface area contributed by atoms with E-state index in [4.69, 9.17) is 4.74 Å². The van der Waals surface area contributed by atoms with E-state index in [-0.39, 0.29) is 23.5 Å². The van der Waals surface area contributed by atoms with Crippen LogP contribution in [0.2, 0.25) is 0 Å². The van der Waals surface area contributed by atoms with Crippen LogP contribution >= 0.6 is 0 Å². The van der Waals surface area contributed by atoms with Crippen molar-refractivity contribution >= 4 is 22.7 Å². The molecule has 7 heteroatoms. The van der Waals surface area contributed by atoms with E-state index in [0.717, 1.165) is 10.9 Å². The summed E-state index contributed by atoms with van der Waals surface area (Å²) in [6.45, 7) is 2.09. The molecule has 3 heterocycles. The van der Waals surface area contributed by atoms with E-state index in [1.165, 1.54) is 0 Å². The highest BCUT2D eigenvalue weighted by Crippen LogP contribution is 2.32. The molecule has 2 fully saturated rings. The van der Waals surface area contributed by atoms with Gasteiger partial charge in [-0.15, -0.1) is 0 Å². The Labute approximate surface area is 145 Å². The van der Waals surface area contributed by atoms with Gasteiger partial charge in [0.25, 0.3) is 5.91 Å². The van der Waals surface area contributed by atoms with Gasteiger partial charge in [-0.05, 0) is 19.2 Å². The highest BCUT2D eigenvalue weighted by molar-refractivity contribution is 5.98. The van der Waals surface area contributed by atoms with Crippen molar-refractivity contribution in [2.24, 2.45) is 0 Å². The molecular weight excluding hydrogens is 320 g/mol. The SMILES string of the molecule is CNC(=O)[C@@H]1COC2(CN(C(=O)c3cc4ccccc4[nH]3)C2)CN1C. The predicted molar refractivity (Wildman–Crippen MR) is 93.4 cm³/mol. The molecule has 7 nitrogen and oxygen atoms in total. The smallest absolute Gasteiger partial charge is 0.270 e. The van der Waals surface area contributed by atoms with Crippen molar-refractivity contribution in [1.29, 1.82) is 0 Å². The second-order valence-electron chi connectivity index (χ2n) is 6.97. The van der Waals surface area contributed by atoms with Crippen LogP contribution in [0.4, 0.5) is 0 Å². The molecule has 2 amide bonds. The zero-order valence-corrected chi connectivity index (χ0v) is 14.4. The Bertz CT molecular complexity index is 792. The summed E-state index contributed by atoms with van der Waals surface area (Å²) in [6.07, 6.45) is 0. The maximum absolute atomic E-state index is 12.7. The lowest BCUT2D eigenvalue weighted by Crippen LogP contribution is -2.73. The van der Waals surface area contributed by atoms with Crippen molar-refractivity contribution in [1.82, 2.24) is 20.1 Å². The average molecular weight is 342 g/mol. The third-order valence-electron chi connectivity index (χ3n) is 5.17. The fourth-order valence-corrected chi connectivity index (χ4v) is 3.78. The van der Waals surface area contributed by atoms with Crippen LogP contribution in [0, 0.1) is 0 Å². The van der Waals surface area contributed by atoms with Gasteiger partial charge in [0.1, 0.15) is 17.3 Å². The molecule has 1 spiro atoms. The van der Waals surface area contributed by atoms with Gasteiger partial charge in [-0.1, -0.05) is 18.2 Å². The number of aromatic amines is 1. The largest absolute Gasteiger partial charge is 0.368 e. The number of aromatic nitrogens is 1. The maximum Gasteiger partial charge on any atom is 0.270 e. The first-order valence-electron chi connectivity index (χ1n) is 8.44. The summed E-state index contributed by atoms with van der Waals surface area (Å²) in [7, 11) is 3.55. The van der Waals surface area contributed by atoms with E-state index in [2.05, 4.69) is 10.3 Å². The molecule has 0 radical (unpaired) electrons. The number of nitrogens with one attached hydrogen (secondary N) is 2. The minimum atomic E-state index is -0.360. The van der Waals surface area contributed by atoms with E-state index < -0.39 is 0 Å². The van der Waals surface area contributed by atoms with Gasteiger partial charge in [0.05, 0.1) is 19.7 Å². The number of likely N-dealkylation sites (N-methyl/N-ethyl adjacent to an activating group) is 2. The maximum atomic E-state index is 12.7. The number of benzene rings is 1. The van der Waals surface area contributed by atoms with Crippen LogP contribution in [-0.4, -0.2) is 78.6 Å². The number of nitrogens with zero attached hydrogens (tertiary/aromatic N) is 2. The van der Waals surface area contributed by atoms with Gasteiger partial charge in [-0.2, -0.15) is 0 Å². The fourth-order valence-electron chi connectivity index (χ4n) is 3.78. The topological polar surface area (TPSA) is 77.7 Å². The summed E-state index contributed by atoms with van der Waals surface area (Å²) in [5.74, 6) is -0.0517. The van der Waals surface area contributed by atoms with Crippen molar-refractivity contribution < 1.29 is 14.3 Å². The molecule has 1 aromatic carbocycles. The van der Waals surface area contributed by atoms with E-state index in [1.807, 2.05) is 42.3 Å². The lowest BCUT2D eigenvalue weighted by molar-refractivity contribution is -0.187. The number of ether oxygens (including phenoxy) is 1. The molecule has 0 saturated carbocycles. The number of hydrogen-bond donors (Lipinski definition) is 2. The van der Waals surface area contributed by atoms with Gasteiger partial charge in [0.2, 0.25) is 5.91 Å². The zero-order chi connectivity index (χ0) is 17.6. The van der Waals surface area contributed by atoms with Crippen molar-refractivity contribution in [3.05, 3.63) is 36.0 Å². The van der Waals surface area contributed by atoms with E-state index in [0.29, 0.717) is 31.9 Å². The molecule has 2 aliphatic rings. The Balaban J connectivity index is 1.41. The number of likely N-dealkylation sites (tertiary alicyclic amines) is 1. The highest BCUT2D eigenvalue weighted by atomic mass is 16.5. The number of hydrogen-bond acceptors (Lipinski definition) is 4. The average Bonchev–Trinajstić information content (AvgIpc) is 3.02. The number of rotatable bonds is 2. The Hall–Kier alpha value is -2.38. The summed E-state index contributed by atoms with van der Waals surface area (Å²) in [5, 5.41) is 3.69. The standard InChI is InChI=1S/C18H22N4O3/c1-19-16(23)15-8-25-18(9-21(15)2)10-22(11-18)17(24)14-7-12-5-3-4-6-13(12)20-14/h3-7,15,20H,8-11H2,1-2H3,(H,19,23)/t15-/m0/s1. The van der Waals surface area contributed by atoms with Crippen LogP contribution < -0.4 is 5.32 Å². The van der Waals surface area contributed by atoms with Gasteiger partial charge in [0.15, 0.2) is 0 Å². The molecule has 1 atom stereocenters. The summed E-state index contributed by atoms with van der Waals surface area (Å²) >= 11 is 0.